The predicted molar refractivity (Wildman–Crippen MR) is 135 cm³/mol. The number of amides is 2. The van der Waals surface area contributed by atoms with Crippen LogP contribution < -0.4 is 4.43 Å². The van der Waals surface area contributed by atoms with E-state index < -0.39 is 25.5 Å². The summed E-state index contributed by atoms with van der Waals surface area (Å²) in [6.07, 6.45) is -2.57. The van der Waals surface area contributed by atoms with E-state index >= 15 is 0 Å². The molecule has 1 saturated heterocycles. The maximum absolute atomic E-state index is 13.6. The van der Waals surface area contributed by atoms with Crippen molar-refractivity contribution < 1.29 is 27.2 Å². The van der Waals surface area contributed by atoms with Crippen LogP contribution in [0.3, 0.4) is 0 Å². The molecule has 0 radical (unpaired) electrons. The fourth-order valence-corrected chi connectivity index (χ4v) is 11.1. The standard InChI is InChI=1S/C27H40F3NO3Si/c1-10-13-26(17(2)3)15-24(32)31(25(26)33)16-21-14-22(27(28,29)30)11-12-23(21)34-35(18(4)5,19(6)7)20(8)9/h10-12,14,17-20H,1,13,15-16H2,2-9H3. The Bertz CT molecular complexity index is 934. The lowest BCUT2D eigenvalue weighted by atomic mass is 9.73. The van der Waals surface area contributed by atoms with E-state index in [0.29, 0.717) is 12.2 Å². The van der Waals surface area contributed by atoms with Gasteiger partial charge in [0.1, 0.15) is 5.75 Å². The number of rotatable bonds is 10. The van der Waals surface area contributed by atoms with Crippen LogP contribution in [0.2, 0.25) is 16.6 Å². The van der Waals surface area contributed by atoms with E-state index in [0.717, 1.165) is 17.0 Å². The van der Waals surface area contributed by atoms with Crippen molar-refractivity contribution in [1.82, 2.24) is 4.90 Å². The number of allylic oxidation sites excluding steroid dienone is 1. The average Bonchev–Trinajstić information content (AvgIpc) is 2.96. The lowest BCUT2D eigenvalue weighted by Crippen LogP contribution is -2.51. The van der Waals surface area contributed by atoms with E-state index in [4.69, 9.17) is 4.43 Å². The molecule has 1 aliphatic rings. The molecule has 1 heterocycles. The summed E-state index contributed by atoms with van der Waals surface area (Å²) in [5, 5.41) is 0. The van der Waals surface area contributed by atoms with E-state index in [-0.39, 0.29) is 52.9 Å². The highest BCUT2D eigenvalue weighted by atomic mass is 28.4. The van der Waals surface area contributed by atoms with Crippen LogP contribution >= 0.6 is 0 Å². The SMILES string of the molecule is C=CCC1(C(C)C)CC(=O)N(Cc2cc(C(F)(F)F)ccc2O[Si](C(C)C)(C(C)C)C(C)C)C1=O. The van der Waals surface area contributed by atoms with Crippen molar-refractivity contribution in [3.63, 3.8) is 0 Å². The second kappa shape index (κ2) is 10.5. The van der Waals surface area contributed by atoms with Gasteiger partial charge in [0.15, 0.2) is 0 Å². The molecule has 2 rings (SSSR count). The zero-order chi connectivity index (χ0) is 26.9. The number of alkyl halides is 3. The second-order valence-corrected chi connectivity index (χ2v) is 16.4. The first-order valence-corrected chi connectivity index (χ1v) is 14.5. The molecule has 0 aliphatic carbocycles. The van der Waals surface area contributed by atoms with Gasteiger partial charge in [0.2, 0.25) is 11.8 Å². The largest absolute Gasteiger partial charge is 0.542 e. The molecule has 1 aromatic carbocycles. The van der Waals surface area contributed by atoms with Gasteiger partial charge in [0.05, 0.1) is 17.5 Å². The van der Waals surface area contributed by atoms with Crippen LogP contribution in [-0.2, 0) is 22.3 Å². The first kappa shape index (κ1) is 29.1. The van der Waals surface area contributed by atoms with Crippen molar-refractivity contribution in [2.75, 3.05) is 0 Å². The normalized spacial score (nSPS) is 19.6. The zero-order valence-corrected chi connectivity index (χ0v) is 23.3. The minimum atomic E-state index is -4.56. The summed E-state index contributed by atoms with van der Waals surface area (Å²) in [7, 11) is -2.49. The van der Waals surface area contributed by atoms with E-state index in [2.05, 4.69) is 48.1 Å². The molecule has 0 bridgehead atoms. The second-order valence-electron chi connectivity index (χ2n) is 11.0. The van der Waals surface area contributed by atoms with Crippen LogP contribution in [0.25, 0.3) is 0 Å². The van der Waals surface area contributed by atoms with Crippen LogP contribution in [0.1, 0.15) is 79.4 Å². The molecule has 1 aliphatic heterocycles. The summed E-state index contributed by atoms with van der Waals surface area (Å²) in [5.41, 5.74) is -0.936. The lowest BCUT2D eigenvalue weighted by Gasteiger charge is -2.42. The van der Waals surface area contributed by atoms with Crippen molar-refractivity contribution >= 4 is 20.1 Å². The summed E-state index contributed by atoms with van der Waals surface area (Å²) in [6.45, 7) is 19.8. The summed E-state index contributed by atoms with van der Waals surface area (Å²) in [5.74, 6) is -0.538. The molecular weight excluding hydrogens is 471 g/mol. The first-order valence-electron chi connectivity index (χ1n) is 12.4. The van der Waals surface area contributed by atoms with Gasteiger partial charge in [0.25, 0.3) is 8.32 Å². The first-order chi connectivity index (χ1) is 16.0. The molecule has 1 fully saturated rings. The highest BCUT2D eigenvalue weighted by Gasteiger charge is 2.53. The molecule has 1 aromatic rings. The number of imide groups is 1. The van der Waals surface area contributed by atoms with Crippen molar-refractivity contribution in [1.29, 1.82) is 0 Å². The Kier molecular flexibility index (Phi) is 8.73. The fraction of sp³-hybridized carbons (Fsp3) is 0.630. The third-order valence-electron chi connectivity index (χ3n) is 7.76. The van der Waals surface area contributed by atoms with E-state index in [9.17, 15) is 22.8 Å². The Morgan fingerprint density at radius 3 is 2.03 bits per heavy atom. The minimum Gasteiger partial charge on any atom is -0.542 e. The van der Waals surface area contributed by atoms with Crippen molar-refractivity contribution in [2.45, 2.75) is 97.6 Å². The molecule has 1 atom stereocenters. The van der Waals surface area contributed by atoms with Gasteiger partial charge in [-0.2, -0.15) is 13.2 Å². The van der Waals surface area contributed by atoms with Gasteiger partial charge < -0.3 is 4.43 Å². The number of hydrogen-bond donors (Lipinski definition) is 0. The van der Waals surface area contributed by atoms with Crippen LogP contribution in [0, 0.1) is 11.3 Å². The van der Waals surface area contributed by atoms with Gasteiger partial charge in [-0.3, -0.25) is 14.5 Å². The molecule has 1 unspecified atom stereocenters. The highest BCUT2D eigenvalue weighted by molar-refractivity contribution is 6.78. The van der Waals surface area contributed by atoms with Gasteiger partial charge in [-0.25, -0.2) is 0 Å². The Labute approximate surface area is 209 Å². The lowest BCUT2D eigenvalue weighted by molar-refractivity contribution is -0.143. The van der Waals surface area contributed by atoms with Crippen LogP contribution in [0.15, 0.2) is 30.9 Å². The van der Waals surface area contributed by atoms with Crippen molar-refractivity contribution in [3.8, 4) is 5.75 Å². The van der Waals surface area contributed by atoms with Crippen LogP contribution in [-0.4, -0.2) is 25.0 Å². The Balaban J connectivity index is 2.62. The van der Waals surface area contributed by atoms with Gasteiger partial charge in [-0.15, -0.1) is 6.58 Å². The number of likely N-dealkylation sites (tertiary alicyclic amines) is 1. The molecule has 0 N–H and O–H groups in total. The average molecular weight is 512 g/mol. The molecular formula is C27H40F3NO3Si. The molecule has 2 amide bonds. The Morgan fingerprint density at radius 2 is 1.60 bits per heavy atom. The van der Waals surface area contributed by atoms with Crippen LogP contribution in [0.4, 0.5) is 13.2 Å². The van der Waals surface area contributed by atoms with Gasteiger partial charge in [-0.05, 0) is 47.2 Å². The maximum Gasteiger partial charge on any atom is 0.416 e. The zero-order valence-electron chi connectivity index (χ0n) is 22.3. The number of carbonyl (C=O) groups is 2. The van der Waals surface area contributed by atoms with E-state index in [1.54, 1.807) is 6.08 Å². The molecule has 0 aromatic heterocycles. The van der Waals surface area contributed by atoms with Gasteiger partial charge in [0, 0.05) is 12.0 Å². The van der Waals surface area contributed by atoms with Gasteiger partial charge >= 0.3 is 6.18 Å². The van der Waals surface area contributed by atoms with Crippen molar-refractivity contribution in [3.05, 3.63) is 42.0 Å². The Hall–Kier alpha value is -2.09. The predicted octanol–water partition coefficient (Wildman–Crippen LogP) is 7.74. The number of hydrogen-bond acceptors (Lipinski definition) is 3. The molecule has 196 valence electrons. The number of halogens is 3. The number of carbonyl (C=O) groups excluding carboxylic acids is 2. The van der Waals surface area contributed by atoms with Crippen molar-refractivity contribution in [2.24, 2.45) is 11.3 Å². The topological polar surface area (TPSA) is 46.6 Å². The summed E-state index contributed by atoms with van der Waals surface area (Å²) in [6, 6.07) is 3.40. The van der Waals surface area contributed by atoms with Gasteiger partial charge in [-0.1, -0.05) is 61.5 Å². The van der Waals surface area contributed by atoms with E-state index in [1.165, 1.54) is 6.07 Å². The van der Waals surface area contributed by atoms with Crippen LogP contribution in [0.5, 0.6) is 5.75 Å². The quantitative estimate of drug-likeness (QED) is 0.183. The summed E-state index contributed by atoms with van der Waals surface area (Å²) >= 11 is 0. The third kappa shape index (κ3) is 5.37. The highest BCUT2D eigenvalue weighted by Crippen LogP contribution is 2.46. The fourth-order valence-electron chi connectivity index (χ4n) is 5.78. The summed E-state index contributed by atoms with van der Waals surface area (Å²) in [4.78, 5) is 27.6. The molecule has 0 saturated carbocycles. The monoisotopic (exact) mass is 511 g/mol. The molecule has 8 heteroatoms. The Morgan fingerprint density at radius 1 is 1.06 bits per heavy atom. The number of nitrogens with zero attached hydrogens (tertiary/aromatic N) is 1. The third-order valence-corrected chi connectivity index (χ3v) is 13.8. The maximum atomic E-state index is 13.6. The molecule has 4 nitrogen and oxygen atoms in total. The molecule has 35 heavy (non-hydrogen) atoms. The molecule has 0 spiro atoms. The van der Waals surface area contributed by atoms with E-state index in [1.807, 2.05) is 13.8 Å². The number of benzene rings is 1. The summed E-state index contributed by atoms with van der Waals surface area (Å²) < 4.78 is 47.6. The smallest absolute Gasteiger partial charge is 0.416 e. The minimum absolute atomic E-state index is 0.0212.